The van der Waals surface area contributed by atoms with Crippen molar-refractivity contribution in [2.75, 3.05) is 7.11 Å². The molecule has 0 aromatic carbocycles. The summed E-state index contributed by atoms with van der Waals surface area (Å²) in [6, 6.07) is 1.47. The standard InChI is InChI=1S/C11H13N5O/c1-7(12)9-10(11-13-4-3-5-14-11)15-6-8(16-9)17-2/h3-7H,12H2,1-2H3. The molecule has 0 aliphatic heterocycles. The molecule has 0 saturated heterocycles. The van der Waals surface area contributed by atoms with E-state index in [9.17, 15) is 0 Å². The number of nitrogens with two attached hydrogens (primary N) is 1. The lowest BCUT2D eigenvalue weighted by Crippen LogP contribution is -2.12. The number of methoxy groups -OCH3 is 1. The average molecular weight is 231 g/mol. The number of hydrogen-bond acceptors (Lipinski definition) is 6. The SMILES string of the molecule is COc1cnc(-c2ncccn2)c(C(C)N)n1. The second-order valence-electron chi connectivity index (χ2n) is 3.51. The van der Waals surface area contributed by atoms with Crippen molar-refractivity contribution >= 4 is 0 Å². The van der Waals surface area contributed by atoms with E-state index in [1.54, 1.807) is 18.5 Å². The average Bonchev–Trinajstić information content (AvgIpc) is 2.39. The zero-order valence-corrected chi connectivity index (χ0v) is 9.66. The van der Waals surface area contributed by atoms with Crippen molar-refractivity contribution in [1.82, 2.24) is 19.9 Å². The lowest BCUT2D eigenvalue weighted by atomic mass is 10.2. The third-order valence-corrected chi connectivity index (χ3v) is 2.20. The first-order valence-electron chi connectivity index (χ1n) is 5.16. The Morgan fingerprint density at radius 3 is 2.53 bits per heavy atom. The second kappa shape index (κ2) is 4.84. The number of nitrogens with zero attached hydrogens (tertiary/aromatic N) is 4. The van der Waals surface area contributed by atoms with Crippen LogP contribution in [0.5, 0.6) is 5.88 Å². The zero-order valence-electron chi connectivity index (χ0n) is 9.66. The van der Waals surface area contributed by atoms with E-state index in [0.717, 1.165) is 0 Å². The molecule has 0 spiro atoms. The minimum Gasteiger partial charge on any atom is -0.480 e. The van der Waals surface area contributed by atoms with Gasteiger partial charge in [0.15, 0.2) is 5.82 Å². The Labute approximate surface area is 98.9 Å². The molecule has 1 unspecified atom stereocenters. The highest BCUT2D eigenvalue weighted by atomic mass is 16.5. The van der Waals surface area contributed by atoms with E-state index in [1.165, 1.54) is 13.3 Å². The smallest absolute Gasteiger partial charge is 0.232 e. The van der Waals surface area contributed by atoms with Crippen LogP contribution < -0.4 is 10.5 Å². The van der Waals surface area contributed by atoms with Crippen LogP contribution in [0.4, 0.5) is 0 Å². The molecule has 0 saturated carbocycles. The van der Waals surface area contributed by atoms with Crippen molar-refractivity contribution in [2.45, 2.75) is 13.0 Å². The molecule has 0 aliphatic carbocycles. The van der Waals surface area contributed by atoms with Crippen LogP contribution in [0.1, 0.15) is 18.7 Å². The number of aromatic nitrogens is 4. The molecule has 17 heavy (non-hydrogen) atoms. The molecule has 2 rings (SSSR count). The fraction of sp³-hybridized carbons (Fsp3) is 0.273. The summed E-state index contributed by atoms with van der Waals surface area (Å²) in [6.45, 7) is 1.83. The first-order chi connectivity index (χ1) is 8.22. The van der Waals surface area contributed by atoms with Gasteiger partial charge >= 0.3 is 0 Å². The maximum atomic E-state index is 5.86. The van der Waals surface area contributed by atoms with Crippen molar-refractivity contribution in [2.24, 2.45) is 5.73 Å². The van der Waals surface area contributed by atoms with Gasteiger partial charge in [0.1, 0.15) is 5.69 Å². The van der Waals surface area contributed by atoms with Crippen molar-refractivity contribution in [3.05, 3.63) is 30.4 Å². The van der Waals surface area contributed by atoms with E-state index in [-0.39, 0.29) is 6.04 Å². The highest BCUT2D eigenvalue weighted by Crippen LogP contribution is 2.22. The Kier molecular flexibility index (Phi) is 3.24. The van der Waals surface area contributed by atoms with Gasteiger partial charge in [0.2, 0.25) is 5.88 Å². The summed E-state index contributed by atoms with van der Waals surface area (Å²) in [6.07, 6.45) is 4.83. The van der Waals surface area contributed by atoms with E-state index < -0.39 is 0 Å². The second-order valence-corrected chi connectivity index (χ2v) is 3.51. The van der Waals surface area contributed by atoms with Crippen LogP contribution in [-0.4, -0.2) is 27.0 Å². The zero-order chi connectivity index (χ0) is 12.3. The van der Waals surface area contributed by atoms with Gasteiger partial charge in [-0.1, -0.05) is 0 Å². The molecule has 6 nitrogen and oxygen atoms in total. The first kappa shape index (κ1) is 11.4. The van der Waals surface area contributed by atoms with Crippen molar-refractivity contribution in [3.63, 3.8) is 0 Å². The van der Waals surface area contributed by atoms with Crippen LogP contribution in [0.15, 0.2) is 24.7 Å². The molecule has 88 valence electrons. The van der Waals surface area contributed by atoms with Gasteiger partial charge < -0.3 is 10.5 Å². The minimum absolute atomic E-state index is 0.267. The van der Waals surface area contributed by atoms with Crippen LogP contribution in [0.2, 0.25) is 0 Å². The monoisotopic (exact) mass is 231 g/mol. The van der Waals surface area contributed by atoms with Crippen LogP contribution in [0.3, 0.4) is 0 Å². The highest BCUT2D eigenvalue weighted by Gasteiger charge is 2.15. The summed E-state index contributed by atoms with van der Waals surface area (Å²) < 4.78 is 5.03. The molecule has 0 amide bonds. The van der Waals surface area contributed by atoms with Crippen LogP contribution in [-0.2, 0) is 0 Å². The Morgan fingerprint density at radius 1 is 1.24 bits per heavy atom. The largest absolute Gasteiger partial charge is 0.480 e. The molecule has 1 atom stereocenters. The predicted octanol–water partition coefficient (Wildman–Crippen LogP) is 0.962. The molecular formula is C11H13N5O. The molecule has 6 heteroatoms. The van der Waals surface area contributed by atoms with Gasteiger partial charge in [-0.3, -0.25) is 0 Å². The maximum absolute atomic E-state index is 5.86. The van der Waals surface area contributed by atoms with Gasteiger partial charge in [0.25, 0.3) is 0 Å². The van der Waals surface area contributed by atoms with Gasteiger partial charge in [0, 0.05) is 18.4 Å². The Morgan fingerprint density at radius 2 is 1.94 bits per heavy atom. The van der Waals surface area contributed by atoms with Crippen LogP contribution in [0, 0.1) is 0 Å². The quantitative estimate of drug-likeness (QED) is 0.846. The van der Waals surface area contributed by atoms with Crippen LogP contribution in [0.25, 0.3) is 11.5 Å². The third kappa shape index (κ3) is 2.36. The van der Waals surface area contributed by atoms with Gasteiger partial charge in [-0.2, -0.15) is 0 Å². The summed E-state index contributed by atoms with van der Waals surface area (Å²) in [5.41, 5.74) is 7.07. The molecule has 0 fully saturated rings. The van der Waals surface area contributed by atoms with Crippen LogP contribution >= 0.6 is 0 Å². The molecule has 0 bridgehead atoms. The normalized spacial score (nSPS) is 12.2. The summed E-state index contributed by atoms with van der Waals surface area (Å²) in [4.78, 5) is 16.8. The topological polar surface area (TPSA) is 86.8 Å². The summed E-state index contributed by atoms with van der Waals surface area (Å²) in [5, 5.41) is 0. The van der Waals surface area contributed by atoms with Gasteiger partial charge in [-0.15, -0.1) is 0 Å². The summed E-state index contributed by atoms with van der Waals surface area (Å²) >= 11 is 0. The van der Waals surface area contributed by atoms with Crippen molar-refractivity contribution in [1.29, 1.82) is 0 Å². The number of hydrogen-bond donors (Lipinski definition) is 1. The van der Waals surface area contributed by atoms with Crippen molar-refractivity contribution in [3.8, 4) is 17.4 Å². The molecule has 2 aromatic heterocycles. The Balaban J connectivity index is 2.54. The molecule has 2 N–H and O–H groups in total. The molecule has 2 aromatic rings. The lowest BCUT2D eigenvalue weighted by Gasteiger charge is -2.10. The van der Waals surface area contributed by atoms with E-state index in [1.807, 2.05) is 6.92 Å². The first-order valence-corrected chi connectivity index (χ1v) is 5.16. The van der Waals surface area contributed by atoms with Crippen molar-refractivity contribution < 1.29 is 4.74 Å². The van der Waals surface area contributed by atoms with E-state index >= 15 is 0 Å². The third-order valence-electron chi connectivity index (χ3n) is 2.20. The fourth-order valence-corrected chi connectivity index (χ4v) is 1.40. The number of rotatable bonds is 3. The Hall–Kier alpha value is -2.08. The van der Waals surface area contributed by atoms with Gasteiger partial charge in [0.05, 0.1) is 19.0 Å². The maximum Gasteiger partial charge on any atom is 0.232 e. The molecule has 0 aliphatic rings. The molecular weight excluding hydrogens is 218 g/mol. The van der Waals surface area contributed by atoms with E-state index in [4.69, 9.17) is 10.5 Å². The summed E-state index contributed by atoms with van der Waals surface area (Å²) in [5.74, 6) is 0.937. The lowest BCUT2D eigenvalue weighted by molar-refractivity contribution is 0.393. The minimum atomic E-state index is -0.267. The fourth-order valence-electron chi connectivity index (χ4n) is 1.40. The highest BCUT2D eigenvalue weighted by molar-refractivity contribution is 5.53. The van der Waals surface area contributed by atoms with Gasteiger partial charge in [-0.05, 0) is 13.0 Å². The van der Waals surface area contributed by atoms with Gasteiger partial charge in [-0.25, -0.2) is 19.9 Å². The Bertz CT molecular complexity index is 500. The molecule has 0 radical (unpaired) electrons. The van der Waals surface area contributed by atoms with E-state index in [0.29, 0.717) is 23.1 Å². The summed E-state index contributed by atoms with van der Waals surface area (Å²) in [7, 11) is 1.54. The molecule has 2 heterocycles. The predicted molar refractivity (Wildman–Crippen MR) is 62.2 cm³/mol. The number of ether oxygens (including phenoxy) is 1. The van der Waals surface area contributed by atoms with E-state index in [2.05, 4.69) is 19.9 Å².